The van der Waals surface area contributed by atoms with Crippen molar-refractivity contribution in [3.63, 3.8) is 0 Å². The van der Waals surface area contributed by atoms with E-state index in [9.17, 15) is 9.59 Å². The molecule has 0 radical (unpaired) electrons. The van der Waals surface area contributed by atoms with Gasteiger partial charge in [-0.1, -0.05) is 23.9 Å². The number of carbonyl (C=O) groups excluding carboxylic acids is 1. The molecule has 2 aromatic heterocycles. The summed E-state index contributed by atoms with van der Waals surface area (Å²) < 4.78 is 14.4. The smallest absolute Gasteiger partial charge is 0.265 e. The Hall–Kier alpha value is -3.79. The standard InChI is InChI=1S/C24H21N5O4S/c1-14-3-2-4-16(9-14)29-22-18(12-25-29)23(31)28-17(13-34-24(28)27-22)11-21(30)26-15-5-6-19-20(10-15)33-8-7-32-19/h2-6,9-10,12,17H,7-8,11,13H2,1H3,(H,26,30). The molecule has 6 rings (SSSR count). The van der Waals surface area contributed by atoms with Crippen LogP contribution in [0.25, 0.3) is 16.7 Å². The van der Waals surface area contributed by atoms with Gasteiger partial charge in [0.15, 0.2) is 22.3 Å². The van der Waals surface area contributed by atoms with Crippen molar-refractivity contribution in [2.24, 2.45) is 0 Å². The summed E-state index contributed by atoms with van der Waals surface area (Å²) in [6.45, 7) is 2.99. The first-order valence-corrected chi connectivity index (χ1v) is 11.9. The van der Waals surface area contributed by atoms with Crippen molar-refractivity contribution in [1.29, 1.82) is 0 Å². The minimum atomic E-state index is -0.288. The molecular formula is C24H21N5O4S. The number of aryl methyl sites for hydroxylation is 1. The van der Waals surface area contributed by atoms with E-state index < -0.39 is 0 Å². The van der Waals surface area contributed by atoms with Gasteiger partial charge in [-0.15, -0.1) is 0 Å². The Labute approximate surface area is 198 Å². The second kappa shape index (κ2) is 8.21. The summed E-state index contributed by atoms with van der Waals surface area (Å²) in [4.78, 5) is 30.9. The molecule has 9 nitrogen and oxygen atoms in total. The molecule has 4 heterocycles. The molecule has 0 aliphatic carbocycles. The zero-order valence-corrected chi connectivity index (χ0v) is 19.2. The van der Waals surface area contributed by atoms with Gasteiger partial charge in [0, 0.05) is 23.9 Å². The summed E-state index contributed by atoms with van der Waals surface area (Å²) in [6.07, 6.45) is 1.71. The van der Waals surface area contributed by atoms with Crippen molar-refractivity contribution >= 4 is 34.4 Å². The van der Waals surface area contributed by atoms with Crippen molar-refractivity contribution in [2.75, 3.05) is 24.3 Å². The lowest BCUT2D eigenvalue weighted by Gasteiger charge is -2.19. The Morgan fingerprint density at radius 3 is 2.88 bits per heavy atom. The lowest BCUT2D eigenvalue weighted by Crippen LogP contribution is -2.27. The number of anilines is 1. The van der Waals surface area contributed by atoms with Gasteiger partial charge in [-0.25, -0.2) is 9.67 Å². The summed E-state index contributed by atoms with van der Waals surface area (Å²) in [5.74, 6) is 1.69. The number of amides is 1. The highest BCUT2D eigenvalue weighted by atomic mass is 32.2. The third kappa shape index (κ3) is 3.60. The van der Waals surface area contributed by atoms with E-state index in [1.54, 1.807) is 33.6 Å². The SMILES string of the molecule is Cc1cccc(-n2ncc3c(=O)n4c(nc32)SCC4CC(=O)Nc2ccc3c(c2)OCCO3)c1. The minimum absolute atomic E-state index is 0.160. The average molecular weight is 476 g/mol. The van der Waals surface area contributed by atoms with Crippen LogP contribution in [0.15, 0.2) is 58.6 Å². The molecule has 0 saturated carbocycles. The van der Waals surface area contributed by atoms with Crippen molar-refractivity contribution in [2.45, 2.75) is 24.5 Å². The number of nitrogens with one attached hydrogen (secondary N) is 1. The van der Waals surface area contributed by atoms with Gasteiger partial charge in [-0.3, -0.25) is 14.2 Å². The number of aromatic nitrogens is 4. The Morgan fingerprint density at radius 2 is 2.03 bits per heavy atom. The van der Waals surface area contributed by atoms with E-state index in [0.717, 1.165) is 11.3 Å². The molecule has 0 fully saturated rings. The van der Waals surface area contributed by atoms with E-state index in [-0.39, 0.29) is 23.9 Å². The Kier molecular flexibility index (Phi) is 5.02. The van der Waals surface area contributed by atoms with Crippen molar-refractivity contribution < 1.29 is 14.3 Å². The molecule has 34 heavy (non-hydrogen) atoms. The molecule has 2 aromatic carbocycles. The normalized spacial score (nSPS) is 16.4. The highest BCUT2D eigenvalue weighted by Crippen LogP contribution is 2.35. The van der Waals surface area contributed by atoms with Gasteiger partial charge in [-0.05, 0) is 36.8 Å². The zero-order valence-electron chi connectivity index (χ0n) is 18.4. The maximum Gasteiger partial charge on any atom is 0.265 e. The first kappa shape index (κ1) is 20.8. The average Bonchev–Trinajstić information content (AvgIpc) is 3.44. The van der Waals surface area contributed by atoms with Crippen LogP contribution < -0.4 is 20.3 Å². The fourth-order valence-corrected chi connectivity index (χ4v) is 5.41. The third-order valence-corrected chi connectivity index (χ3v) is 6.96. The first-order chi connectivity index (χ1) is 16.6. The van der Waals surface area contributed by atoms with E-state index in [4.69, 9.17) is 14.5 Å². The highest BCUT2D eigenvalue weighted by molar-refractivity contribution is 7.99. The first-order valence-electron chi connectivity index (χ1n) is 11.0. The summed E-state index contributed by atoms with van der Waals surface area (Å²) in [5, 5.41) is 8.35. The van der Waals surface area contributed by atoms with Crippen LogP contribution in [-0.4, -0.2) is 44.2 Å². The number of fused-ring (bicyclic) bond motifs is 3. The number of carbonyl (C=O) groups is 1. The van der Waals surface area contributed by atoms with Gasteiger partial charge in [0.2, 0.25) is 5.91 Å². The summed E-state index contributed by atoms with van der Waals surface area (Å²) >= 11 is 1.48. The molecule has 1 amide bonds. The fourth-order valence-electron chi connectivity index (χ4n) is 4.28. The largest absolute Gasteiger partial charge is 0.486 e. The molecular weight excluding hydrogens is 454 g/mol. The quantitative estimate of drug-likeness (QED) is 0.452. The molecule has 4 aromatic rings. The van der Waals surface area contributed by atoms with Crippen LogP contribution in [0.3, 0.4) is 0 Å². The number of rotatable bonds is 4. The summed E-state index contributed by atoms with van der Waals surface area (Å²) in [5.41, 5.74) is 2.92. The highest BCUT2D eigenvalue weighted by Gasteiger charge is 2.29. The van der Waals surface area contributed by atoms with Gasteiger partial charge in [0.25, 0.3) is 5.56 Å². The van der Waals surface area contributed by atoms with Gasteiger partial charge >= 0.3 is 0 Å². The van der Waals surface area contributed by atoms with Crippen molar-refractivity contribution in [1.82, 2.24) is 19.3 Å². The van der Waals surface area contributed by atoms with E-state index in [1.165, 1.54) is 11.8 Å². The monoisotopic (exact) mass is 475 g/mol. The van der Waals surface area contributed by atoms with Crippen LogP contribution >= 0.6 is 11.8 Å². The number of nitrogens with zero attached hydrogens (tertiary/aromatic N) is 4. The number of thioether (sulfide) groups is 1. The summed E-state index contributed by atoms with van der Waals surface area (Å²) in [6, 6.07) is 12.9. The van der Waals surface area contributed by atoms with Crippen molar-refractivity contribution in [3.05, 3.63) is 64.6 Å². The van der Waals surface area contributed by atoms with Crippen LogP contribution in [-0.2, 0) is 4.79 Å². The zero-order chi connectivity index (χ0) is 23.2. The van der Waals surface area contributed by atoms with E-state index >= 15 is 0 Å². The van der Waals surface area contributed by atoms with E-state index in [1.807, 2.05) is 31.2 Å². The minimum Gasteiger partial charge on any atom is -0.486 e. The second-order valence-corrected chi connectivity index (χ2v) is 9.26. The summed E-state index contributed by atoms with van der Waals surface area (Å²) in [7, 11) is 0. The van der Waals surface area contributed by atoms with Crippen molar-refractivity contribution in [3.8, 4) is 17.2 Å². The van der Waals surface area contributed by atoms with Gasteiger partial charge < -0.3 is 14.8 Å². The van der Waals surface area contributed by atoms with Crippen LogP contribution in [0.5, 0.6) is 11.5 Å². The number of ether oxygens (including phenoxy) is 2. The fraction of sp³-hybridized carbons (Fsp3) is 0.250. The van der Waals surface area contributed by atoms with Crippen LogP contribution in [0.4, 0.5) is 5.69 Å². The molecule has 2 aliphatic rings. The molecule has 0 bridgehead atoms. The predicted molar refractivity (Wildman–Crippen MR) is 128 cm³/mol. The van der Waals surface area contributed by atoms with Gasteiger partial charge in [0.05, 0.1) is 17.9 Å². The van der Waals surface area contributed by atoms with Crippen LogP contribution in [0.1, 0.15) is 18.0 Å². The molecule has 2 aliphatic heterocycles. The molecule has 1 N–H and O–H groups in total. The number of hydrogen-bond acceptors (Lipinski definition) is 7. The Bertz CT molecular complexity index is 1490. The third-order valence-electron chi connectivity index (χ3n) is 5.86. The number of hydrogen-bond donors (Lipinski definition) is 1. The second-order valence-electron chi connectivity index (χ2n) is 8.28. The topological polar surface area (TPSA) is 100 Å². The maximum absolute atomic E-state index is 13.3. The molecule has 1 unspecified atom stereocenters. The van der Waals surface area contributed by atoms with Crippen LogP contribution in [0.2, 0.25) is 0 Å². The molecule has 1 atom stereocenters. The van der Waals surface area contributed by atoms with E-state index in [0.29, 0.717) is 52.3 Å². The molecule has 0 spiro atoms. The van der Waals surface area contributed by atoms with Gasteiger partial charge in [-0.2, -0.15) is 5.10 Å². The Morgan fingerprint density at radius 1 is 1.18 bits per heavy atom. The lowest BCUT2D eigenvalue weighted by molar-refractivity contribution is -0.116. The van der Waals surface area contributed by atoms with Gasteiger partial charge in [0.1, 0.15) is 18.6 Å². The number of benzene rings is 2. The predicted octanol–water partition coefficient (Wildman–Crippen LogP) is 3.34. The van der Waals surface area contributed by atoms with Crippen LogP contribution in [0, 0.1) is 6.92 Å². The maximum atomic E-state index is 13.3. The molecule has 0 saturated heterocycles. The Balaban J connectivity index is 1.26. The lowest BCUT2D eigenvalue weighted by atomic mass is 10.2. The van der Waals surface area contributed by atoms with E-state index in [2.05, 4.69) is 10.4 Å². The molecule has 172 valence electrons. The molecule has 10 heteroatoms.